The van der Waals surface area contributed by atoms with E-state index in [0.29, 0.717) is 11.1 Å². The second kappa shape index (κ2) is 9.81. The molecule has 0 saturated carbocycles. The Morgan fingerprint density at radius 3 is 2.19 bits per heavy atom. The van der Waals surface area contributed by atoms with E-state index < -0.39 is 28.1 Å². The molecule has 2 amide bonds. The molecule has 1 heterocycles. The highest BCUT2D eigenvalue weighted by atomic mass is 32.2. The number of hydrogen-bond donors (Lipinski definition) is 2. The van der Waals surface area contributed by atoms with Crippen molar-refractivity contribution in [3.63, 3.8) is 0 Å². The number of benzene rings is 2. The molecule has 2 N–H and O–H groups in total. The maximum atomic E-state index is 13.3. The SMILES string of the molecule is Cc1ccc(CNC(=O)C(=O)NC[C@@H]2OCCN2S(=O)(=O)c2c(C)cc(C)cc2C)cc1. The molecule has 1 aliphatic rings. The van der Waals surface area contributed by atoms with Gasteiger partial charge in [-0.2, -0.15) is 4.31 Å². The Kier molecular flexibility index (Phi) is 7.33. The smallest absolute Gasteiger partial charge is 0.309 e. The quantitative estimate of drug-likeness (QED) is 0.640. The van der Waals surface area contributed by atoms with Crippen LogP contribution < -0.4 is 10.6 Å². The van der Waals surface area contributed by atoms with Gasteiger partial charge >= 0.3 is 11.8 Å². The van der Waals surface area contributed by atoms with E-state index in [1.165, 1.54) is 4.31 Å². The monoisotopic (exact) mass is 459 g/mol. The third-order valence-corrected chi connectivity index (χ3v) is 7.53. The topological polar surface area (TPSA) is 105 Å². The minimum absolute atomic E-state index is 0.125. The Balaban J connectivity index is 1.61. The molecule has 2 aromatic rings. The fraction of sp³-hybridized carbons (Fsp3) is 0.391. The number of rotatable bonds is 6. The molecule has 0 bridgehead atoms. The van der Waals surface area contributed by atoms with Crippen molar-refractivity contribution in [2.75, 3.05) is 19.7 Å². The number of nitrogens with one attached hydrogen (secondary N) is 2. The van der Waals surface area contributed by atoms with Crippen LogP contribution in [-0.2, 0) is 30.9 Å². The molecule has 32 heavy (non-hydrogen) atoms. The van der Waals surface area contributed by atoms with E-state index in [4.69, 9.17) is 4.74 Å². The third-order valence-electron chi connectivity index (χ3n) is 5.33. The van der Waals surface area contributed by atoms with Crippen molar-refractivity contribution in [2.24, 2.45) is 0 Å². The second-order valence-electron chi connectivity index (χ2n) is 8.05. The van der Waals surface area contributed by atoms with Gasteiger partial charge in [0.05, 0.1) is 18.0 Å². The summed E-state index contributed by atoms with van der Waals surface area (Å²) in [6, 6.07) is 11.2. The lowest BCUT2D eigenvalue weighted by Gasteiger charge is -2.24. The number of carbonyl (C=O) groups is 2. The number of ether oxygens (including phenoxy) is 1. The zero-order chi connectivity index (χ0) is 23.5. The molecule has 1 fully saturated rings. The van der Waals surface area contributed by atoms with E-state index in [-0.39, 0.29) is 31.1 Å². The predicted molar refractivity (Wildman–Crippen MR) is 120 cm³/mol. The van der Waals surface area contributed by atoms with Crippen LogP contribution in [0.4, 0.5) is 0 Å². The van der Waals surface area contributed by atoms with Crippen LogP contribution in [0.15, 0.2) is 41.3 Å². The maximum absolute atomic E-state index is 13.3. The molecular weight excluding hydrogens is 430 g/mol. The number of amides is 2. The molecule has 0 unspecified atom stereocenters. The van der Waals surface area contributed by atoms with Crippen molar-refractivity contribution < 1.29 is 22.7 Å². The van der Waals surface area contributed by atoms with Gasteiger partial charge < -0.3 is 15.4 Å². The van der Waals surface area contributed by atoms with Crippen molar-refractivity contribution in [1.29, 1.82) is 0 Å². The highest BCUT2D eigenvalue weighted by molar-refractivity contribution is 7.89. The zero-order valence-electron chi connectivity index (χ0n) is 18.8. The molecule has 0 spiro atoms. The van der Waals surface area contributed by atoms with Gasteiger partial charge in [0.25, 0.3) is 0 Å². The molecule has 2 aromatic carbocycles. The van der Waals surface area contributed by atoms with Crippen molar-refractivity contribution in [1.82, 2.24) is 14.9 Å². The number of carbonyl (C=O) groups excluding carboxylic acids is 2. The predicted octanol–water partition coefficient (Wildman–Crippen LogP) is 1.70. The molecule has 3 rings (SSSR count). The first kappa shape index (κ1) is 23.9. The largest absolute Gasteiger partial charge is 0.359 e. The molecule has 9 heteroatoms. The molecule has 0 radical (unpaired) electrons. The van der Waals surface area contributed by atoms with Crippen LogP contribution in [0.3, 0.4) is 0 Å². The van der Waals surface area contributed by atoms with Crippen LogP contribution in [0.25, 0.3) is 0 Å². The Hall–Kier alpha value is -2.75. The first-order valence-electron chi connectivity index (χ1n) is 10.4. The lowest BCUT2D eigenvalue weighted by atomic mass is 10.1. The van der Waals surface area contributed by atoms with E-state index >= 15 is 0 Å². The van der Waals surface area contributed by atoms with Gasteiger partial charge in [0, 0.05) is 13.1 Å². The average Bonchev–Trinajstić information content (AvgIpc) is 3.20. The van der Waals surface area contributed by atoms with Gasteiger partial charge in [0.15, 0.2) is 0 Å². The number of sulfonamides is 1. The normalized spacial score (nSPS) is 16.7. The van der Waals surface area contributed by atoms with Crippen molar-refractivity contribution in [2.45, 2.75) is 45.4 Å². The summed E-state index contributed by atoms with van der Waals surface area (Å²) < 4.78 is 33.4. The first-order valence-corrected chi connectivity index (χ1v) is 11.9. The highest BCUT2D eigenvalue weighted by Crippen LogP contribution is 2.28. The minimum Gasteiger partial charge on any atom is -0.359 e. The molecule has 0 aliphatic carbocycles. The van der Waals surface area contributed by atoms with Gasteiger partial charge in [-0.15, -0.1) is 0 Å². The van der Waals surface area contributed by atoms with Gasteiger partial charge in [0.1, 0.15) is 6.23 Å². The van der Waals surface area contributed by atoms with Crippen LogP contribution in [0.1, 0.15) is 27.8 Å². The Morgan fingerprint density at radius 2 is 1.56 bits per heavy atom. The van der Waals surface area contributed by atoms with Crippen LogP contribution in [-0.4, -0.2) is 50.5 Å². The highest BCUT2D eigenvalue weighted by Gasteiger charge is 2.38. The van der Waals surface area contributed by atoms with Crippen LogP contribution in [0, 0.1) is 27.7 Å². The van der Waals surface area contributed by atoms with Crippen LogP contribution in [0.5, 0.6) is 0 Å². The van der Waals surface area contributed by atoms with Crippen molar-refractivity contribution >= 4 is 21.8 Å². The molecule has 1 saturated heterocycles. The molecule has 172 valence electrons. The van der Waals surface area contributed by atoms with Crippen LogP contribution in [0.2, 0.25) is 0 Å². The van der Waals surface area contributed by atoms with Gasteiger partial charge in [0.2, 0.25) is 10.0 Å². The zero-order valence-corrected chi connectivity index (χ0v) is 19.6. The standard InChI is InChI=1S/C23H29N3O5S/c1-15-5-7-19(8-6-15)13-24-22(27)23(28)25-14-20-26(9-10-31-20)32(29,30)21-17(3)11-16(2)12-18(21)4/h5-8,11-12,20H,9-10,13-14H2,1-4H3,(H,24,27)(H,25,28)/t20-/m0/s1. The van der Waals surface area contributed by atoms with E-state index in [0.717, 1.165) is 16.7 Å². The summed E-state index contributed by atoms with van der Waals surface area (Å²) in [6.07, 6.45) is -0.881. The van der Waals surface area contributed by atoms with Gasteiger partial charge in [-0.1, -0.05) is 47.5 Å². The summed E-state index contributed by atoms with van der Waals surface area (Å²) in [5, 5.41) is 5.04. The summed E-state index contributed by atoms with van der Waals surface area (Å²) in [5.41, 5.74) is 4.28. The minimum atomic E-state index is -3.83. The number of aryl methyl sites for hydroxylation is 4. The fourth-order valence-corrected chi connectivity index (χ4v) is 5.79. The molecule has 1 atom stereocenters. The maximum Gasteiger partial charge on any atom is 0.309 e. The summed E-state index contributed by atoms with van der Waals surface area (Å²) in [5.74, 6) is -1.63. The molecule has 1 aliphatic heterocycles. The lowest BCUT2D eigenvalue weighted by molar-refractivity contribution is -0.139. The summed E-state index contributed by atoms with van der Waals surface area (Å²) >= 11 is 0. The summed E-state index contributed by atoms with van der Waals surface area (Å²) in [6.45, 7) is 7.89. The van der Waals surface area contributed by atoms with E-state index in [1.54, 1.807) is 13.8 Å². The Labute approximate surface area is 189 Å². The average molecular weight is 460 g/mol. The molecule has 8 nitrogen and oxygen atoms in total. The second-order valence-corrected chi connectivity index (χ2v) is 9.87. The van der Waals surface area contributed by atoms with E-state index in [9.17, 15) is 18.0 Å². The summed E-state index contributed by atoms with van der Waals surface area (Å²) in [4.78, 5) is 24.6. The Bertz CT molecular complexity index is 1090. The van der Waals surface area contributed by atoms with E-state index in [1.807, 2.05) is 50.2 Å². The van der Waals surface area contributed by atoms with Gasteiger partial charge in [-0.25, -0.2) is 8.42 Å². The van der Waals surface area contributed by atoms with Gasteiger partial charge in [-0.3, -0.25) is 9.59 Å². The Morgan fingerprint density at radius 1 is 0.969 bits per heavy atom. The molecular formula is C23H29N3O5S. The van der Waals surface area contributed by atoms with Crippen molar-refractivity contribution in [3.8, 4) is 0 Å². The van der Waals surface area contributed by atoms with E-state index in [2.05, 4.69) is 10.6 Å². The van der Waals surface area contributed by atoms with Crippen LogP contribution >= 0.6 is 0 Å². The fourth-order valence-electron chi connectivity index (χ4n) is 3.86. The number of nitrogens with zero attached hydrogens (tertiary/aromatic N) is 1. The lowest BCUT2D eigenvalue weighted by Crippen LogP contribution is -2.47. The van der Waals surface area contributed by atoms with Crippen molar-refractivity contribution in [3.05, 3.63) is 64.2 Å². The molecule has 0 aromatic heterocycles. The summed E-state index contributed by atoms with van der Waals surface area (Å²) in [7, 11) is -3.83. The van der Waals surface area contributed by atoms with Gasteiger partial charge in [-0.05, 0) is 44.4 Å². The third kappa shape index (κ3) is 5.35. The first-order chi connectivity index (χ1) is 15.1. The number of hydrogen-bond acceptors (Lipinski definition) is 5.